The van der Waals surface area contributed by atoms with Crippen LogP contribution in [0.3, 0.4) is 0 Å². The molecule has 0 unspecified atom stereocenters. The van der Waals surface area contributed by atoms with Gasteiger partial charge in [-0.3, -0.25) is 4.79 Å². The average molecular weight is 369 g/mol. The molecule has 108 valence electrons. The molecule has 2 aromatic rings. The van der Waals surface area contributed by atoms with Crippen LogP contribution in [-0.4, -0.2) is 19.1 Å². The topological polar surface area (TPSA) is 47.6 Å². The molecule has 0 bridgehead atoms. The molecule has 0 fully saturated rings. The lowest BCUT2D eigenvalue weighted by Gasteiger charge is -2.20. The van der Waals surface area contributed by atoms with E-state index in [4.69, 9.17) is 21.1 Å². The molecule has 1 heterocycles. The molecule has 0 aromatic heterocycles. The van der Waals surface area contributed by atoms with Gasteiger partial charge in [-0.2, -0.15) is 0 Å². The third kappa shape index (κ3) is 3.14. The molecule has 1 aliphatic heterocycles. The maximum atomic E-state index is 12.2. The number of ether oxygens (including phenoxy) is 2. The number of fused-ring (bicyclic) bond motifs is 1. The van der Waals surface area contributed by atoms with E-state index in [2.05, 4.69) is 21.2 Å². The number of halogens is 2. The predicted octanol–water partition coefficient (Wildman–Crippen LogP) is 4.13. The van der Waals surface area contributed by atoms with Gasteiger partial charge in [0.2, 0.25) is 0 Å². The molecule has 21 heavy (non-hydrogen) atoms. The largest absolute Gasteiger partial charge is 0.486 e. The second kappa shape index (κ2) is 5.95. The van der Waals surface area contributed by atoms with E-state index < -0.39 is 0 Å². The molecule has 1 amide bonds. The van der Waals surface area contributed by atoms with E-state index in [1.54, 1.807) is 36.4 Å². The van der Waals surface area contributed by atoms with Crippen LogP contribution in [0.4, 0.5) is 5.69 Å². The number of hydrogen-bond acceptors (Lipinski definition) is 3. The second-order valence-corrected chi connectivity index (χ2v) is 5.73. The third-order valence-electron chi connectivity index (χ3n) is 2.99. The summed E-state index contributed by atoms with van der Waals surface area (Å²) in [6, 6.07) is 10.2. The Kier molecular flexibility index (Phi) is 4.03. The van der Waals surface area contributed by atoms with Gasteiger partial charge in [-0.05, 0) is 40.2 Å². The summed E-state index contributed by atoms with van der Waals surface area (Å²) in [7, 11) is 0. The maximum absolute atomic E-state index is 12.2. The lowest BCUT2D eigenvalue weighted by atomic mass is 10.2. The molecule has 1 aliphatic rings. The van der Waals surface area contributed by atoms with Crippen molar-refractivity contribution in [3.05, 3.63) is 51.5 Å². The van der Waals surface area contributed by atoms with Gasteiger partial charge in [-0.15, -0.1) is 0 Å². The van der Waals surface area contributed by atoms with Crippen molar-refractivity contribution >= 4 is 39.1 Å². The molecular formula is C15H11BrClNO3. The van der Waals surface area contributed by atoms with Crippen LogP contribution in [0.1, 0.15) is 10.4 Å². The molecule has 0 atom stereocenters. The molecular weight excluding hydrogens is 358 g/mol. The van der Waals surface area contributed by atoms with Crippen molar-refractivity contribution in [2.75, 3.05) is 18.5 Å². The number of hydrogen-bond donors (Lipinski definition) is 1. The first-order valence-electron chi connectivity index (χ1n) is 6.29. The third-order valence-corrected chi connectivity index (χ3v) is 3.89. The van der Waals surface area contributed by atoms with Gasteiger partial charge in [-0.1, -0.05) is 11.6 Å². The van der Waals surface area contributed by atoms with Crippen molar-refractivity contribution in [3.8, 4) is 11.5 Å². The van der Waals surface area contributed by atoms with Crippen LogP contribution >= 0.6 is 27.5 Å². The summed E-state index contributed by atoms with van der Waals surface area (Å²) in [5.41, 5.74) is 1.15. The van der Waals surface area contributed by atoms with E-state index in [0.717, 1.165) is 4.47 Å². The van der Waals surface area contributed by atoms with Crippen LogP contribution in [0.25, 0.3) is 0 Å². The molecule has 6 heteroatoms. The van der Waals surface area contributed by atoms with Gasteiger partial charge in [0.1, 0.15) is 13.2 Å². The molecule has 0 radical (unpaired) electrons. The van der Waals surface area contributed by atoms with E-state index in [1.165, 1.54) is 0 Å². The fourth-order valence-electron chi connectivity index (χ4n) is 1.96. The minimum absolute atomic E-state index is 0.218. The van der Waals surface area contributed by atoms with Gasteiger partial charge in [0.05, 0.1) is 5.69 Å². The van der Waals surface area contributed by atoms with Gasteiger partial charge >= 0.3 is 0 Å². The molecule has 4 nitrogen and oxygen atoms in total. The second-order valence-electron chi connectivity index (χ2n) is 4.44. The lowest BCUT2D eigenvalue weighted by molar-refractivity contribution is 0.102. The van der Waals surface area contributed by atoms with Crippen LogP contribution in [0.2, 0.25) is 5.02 Å². The summed E-state index contributed by atoms with van der Waals surface area (Å²) in [5, 5.41) is 3.42. The summed E-state index contributed by atoms with van der Waals surface area (Å²) in [4.78, 5) is 12.2. The Morgan fingerprint density at radius 1 is 1.10 bits per heavy atom. The van der Waals surface area contributed by atoms with Gasteiger partial charge < -0.3 is 14.8 Å². The highest BCUT2D eigenvalue weighted by Crippen LogP contribution is 2.38. The quantitative estimate of drug-likeness (QED) is 0.867. The Bertz CT molecular complexity index is 688. The summed E-state index contributed by atoms with van der Waals surface area (Å²) in [5.74, 6) is 1.07. The SMILES string of the molecule is O=C(Nc1cc2c(cc1Br)OCCO2)c1ccc(Cl)cc1. The number of carbonyl (C=O) groups excluding carboxylic acids is 1. The Balaban J connectivity index is 1.84. The van der Waals surface area contributed by atoms with E-state index in [0.29, 0.717) is 41.0 Å². The van der Waals surface area contributed by atoms with Gasteiger partial charge in [0.15, 0.2) is 11.5 Å². The smallest absolute Gasteiger partial charge is 0.255 e. The van der Waals surface area contributed by atoms with Crippen LogP contribution in [0.5, 0.6) is 11.5 Å². The van der Waals surface area contributed by atoms with Gasteiger partial charge in [0.25, 0.3) is 5.91 Å². The summed E-state index contributed by atoms with van der Waals surface area (Å²) in [6.07, 6.45) is 0. The zero-order chi connectivity index (χ0) is 14.8. The average Bonchev–Trinajstić information content (AvgIpc) is 2.48. The molecule has 0 saturated heterocycles. The number of carbonyl (C=O) groups is 1. The first-order valence-corrected chi connectivity index (χ1v) is 7.46. The number of nitrogens with one attached hydrogen (secondary N) is 1. The minimum atomic E-state index is -0.218. The summed E-state index contributed by atoms with van der Waals surface area (Å²) in [6.45, 7) is 1.02. The fraction of sp³-hybridized carbons (Fsp3) is 0.133. The minimum Gasteiger partial charge on any atom is -0.486 e. The van der Waals surface area contributed by atoms with E-state index >= 15 is 0 Å². The van der Waals surface area contributed by atoms with Crippen molar-refractivity contribution in [3.63, 3.8) is 0 Å². The van der Waals surface area contributed by atoms with E-state index in [-0.39, 0.29) is 5.91 Å². The van der Waals surface area contributed by atoms with Crippen LogP contribution < -0.4 is 14.8 Å². The predicted molar refractivity (Wildman–Crippen MR) is 84.5 cm³/mol. The highest BCUT2D eigenvalue weighted by molar-refractivity contribution is 9.10. The number of anilines is 1. The van der Waals surface area contributed by atoms with E-state index in [9.17, 15) is 4.79 Å². The first kappa shape index (κ1) is 14.2. The van der Waals surface area contributed by atoms with Crippen LogP contribution in [0.15, 0.2) is 40.9 Å². The molecule has 1 N–H and O–H groups in total. The molecule has 0 saturated carbocycles. The van der Waals surface area contributed by atoms with Crippen LogP contribution in [0, 0.1) is 0 Å². The Morgan fingerprint density at radius 3 is 2.38 bits per heavy atom. The zero-order valence-electron chi connectivity index (χ0n) is 10.9. The first-order chi connectivity index (χ1) is 10.1. The molecule has 3 rings (SSSR count). The Hall–Kier alpha value is -1.72. The monoisotopic (exact) mass is 367 g/mol. The summed E-state index contributed by atoms with van der Waals surface area (Å²) < 4.78 is 11.7. The van der Waals surface area contributed by atoms with Crippen molar-refractivity contribution in [2.24, 2.45) is 0 Å². The van der Waals surface area contributed by atoms with Gasteiger partial charge in [0, 0.05) is 27.2 Å². The van der Waals surface area contributed by atoms with Gasteiger partial charge in [-0.25, -0.2) is 0 Å². The van der Waals surface area contributed by atoms with Crippen LogP contribution in [-0.2, 0) is 0 Å². The fourth-order valence-corrected chi connectivity index (χ4v) is 2.50. The summed E-state index contributed by atoms with van der Waals surface area (Å²) >= 11 is 9.23. The standard InChI is InChI=1S/C15H11BrClNO3/c16-11-7-13-14(21-6-5-20-13)8-12(11)18-15(19)9-1-3-10(17)4-2-9/h1-4,7-8H,5-6H2,(H,18,19). The normalized spacial score (nSPS) is 12.9. The Labute approximate surface area is 135 Å². The zero-order valence-corrected chi connectivity index (χ0v) is 13.2. The van der Waals surface area contributed by atoms with Crippen molar-refractivity contribution in [1.29, 1.82) is 0 Å². The Morgan fingerprint density at radius 2 is 1.71 bits per heavy atom. The highest BCUT2D eigenvalue weighted by Gasteiger charge is 2.16. The van der Waals surface area contributed by atoms with Crippen molar-refractivity contribution < 1.29 is 14.3 Å². The van der Waals surface area contributed by atoms with Crippen molar-refractivity contribution in [2.45, 2.75) is 0 Å². The maximum Gasteiger partial charge on any atom is 0.255 e. The molecule has 0 aliphatic carbocycles. The number of benzene rings is 2. The molecule has 2 aromatic carbocycles. The lowest BCUT2D eigenvalue weighted by Crippen LogP contribution is -2.17. The van der Waals surface area contributed by atoms with Crippen molar-refractivity contribution in [1.82, 2.24) is 0 Å². The van der Waals surface area contributed by atoms with E-state index in [1.807, 2.05) is 0 Å². The number of rotatable bonds is 2. The highest BCUT2D eigenvalue weighted by atomic mass is 79.9. The molecule has 0 spiro atoms. The number of amides is 1.